The summed E-state index contributed by atoms with van der Waals surface area (Å²) in [6, 6.07) is 22.8. The molecule has 3 heterocycles. The molecule has 124 valence electrons. The topological polar surface area (TPSA) is 7.68 Å². The van der Waals surface area contributed by atoms with E-state index in [0.717, 1.165) is 18.1 Å². The van der Waals surface area contributed by atoms with Crippen LogP contribution in [0.2, 0.25) is 0 Å². The van der Waals surface area contributed by atoms with Crippen LogP contribution in [0.5, 0.6) is 0 Å². The Morgan fingerprint density at radius 1 is 0.875 bits per heavy atom. The molecule has 24 heavy (non-hydrogen) atoms. The first-order chi connectivity index (χ1) is 11.8. The maximum atomic E-state index is 2.66. The van der Waals surface area contributed by atoms with Gasteiger partial charge in [0.15, 0.2) is 0 Å². The van der Waals surface area contributed by atoms with E-state index in [-0.39, 0.29) is 0 Å². The molecule has 2 aromatic rings. The van der Waals surface area contributed by atoms with Crippen molar-refractivity contribution in [1.82, 2.24) is 4.90 Å². The molecule has 3 aliphatic rings. The Morgan fingerprint density at radius 2 is 1.54 bits per heavy atom. The van der Waals surface area contributed by atoms with E-state index in [0.29, 0.717) is 5.92 Å². The summed E-state index contributed by atoms with van der Waals surface area (Å²) in [4.78, 5) is 4.41. The van der Waals surface area contributed by atoms with Gasteiger partial charge in [-0.15, -0.1) is 0 Å². The zero-order valence-corrected chi connectivity index (χ0v) is 14.5. The number of benzene rings is 2. The van der Waals surface area contributed by atoms with Gasteiger partial charge < -0.3 is 0 Å². The molecule has 2 bridgehead atoms. The Balaban J connectivity index is 1.48. The molecule has 0 aromatic heterocycles. The van der Waals surface area contributed by atoms with E-state index in [1.54, 1.807) is 16.2 Å². The molecule has 2 heteroatoms. The molecular formula is C22H27N2+. The third-order valence-electron chi connectivity index (χ3n) is 6.90. The van der Waals surface area contributed by atoms with Crippen molar-refractivity contribution < 1.29 is 4.90 Å². The number of fused-ring (bicyclic) bond motifs is 3. The zero-order chi connectivity index (χ0) is 16.1. The minimum Gasteiger partial charge on any atom is -0.300 e. The van der Waals surface area contributed by atoms with Crippen molar-refractivity contribution in [2.75, 3.05) is 13.6 Å². The van der Waals surface area contributed by atoms with Crippen LogP contribution in [0, 0.1) is 0 Å². The Bertz CT molecular complexity index is 712. The van der Waals surface area contributed by atoms with Crippen molar-refractivity contribution in [1.29, 1.82) is 0 Å². The van der Waals surface area contributed by atoms with Gasteiger partial charge in [0.05, 0.1) is 18.5 Å². The van der Waals surface area contributed by atoms with E-state index in [1.807, 2.05) is 0 Å². The quantitative estimate of drug-likeness (QED) is 0.894. The van der Waals surface area contributed by atoms with Crippen molar-refractivity contribution >= 4 is 5.69 Å². The van der Waals surface area contributed by atoms with Gasteiger partial charge in [-0.2, -0.15) is 0 Å². The standard InChI is InChI=1S/C22H26N2/c1-23-17-11-12-18(23)14-19(13-17)24-15-21(16-7-3-2-4-8-16)20-9-5-6-10-22(20)24/h2-10,17-19,21H,11-15H2,1H3/p+1. The fourth-order valence-corrected chi connectivity index (χ4v) is 5.60. The zero-order valence-electron chi connectivity index (χ0n) is 14.5. The predicted molar refractivity (Wildman–Crippen MR) is 97.8 cm³/mol. The van der Waals surface area contributed by atoms with E-state index < -0.39 is 0 Å². The second kappa shape index (κ2) is 5.72. The molecular weight excluding hydrogens is 292 g/mol. The number of piperidine rings is 1. The summed E-state index contributed by atoms with van der Waals surface area (Å²) >= 11 is 0. The summed E-state index contributed by atoms with van der Waals surface area (Å²) < 4.78 is 0. The van der Waals surface area contributed by atoms with Crippen LogP contribution in [0.1, 0.15) is 42.7 Å². The molecule has 2 fully saturated rings. The van der Waals surface area contributed by atoms with Crippen LogP contribution in [0.4, 0.5) is 5.69 Å². The Morgan fingerprint density at radius 3 is 2.29 bits per heavy atom. The summed E-state index contributed by atoms with van der Waals surface area (Å²) in [5, 5.41) is 0. The number of nitrogens with one attached hydrogen (secondary N) is 1. The van der Waals surface area contributed by atoms with Gasteiger partial charge in [0.1, 0.15) is 5.69 Å². The van der Waals surface area contributed by atoms with E-state index in [1.165, 1.54) is 37.8 Å². The molecule has 2 saturated heterocycles. The second-order valence-corrected chi connectivity index (χ2v) is 8.00. The first-order valence-electron chi connectivity index (χ1n) is 9.53. The van der Waals surface area contributed by atoms with Crippen LogP contribution in [0.15, 0.2) is 54.6 Å². The monoisotopic (exact) mass is 319 g/mol. The fraction of sp³-hybridized carbons (Fsp3) is 0.455. The van der Waals surface area contributed by atoms with Gasteiger partial charge >= 0.3 is 0 Å². The van der Waals surface area contributed by atoms with Crippen molar-refractivity contribution in [3.63, 3.8) is 0 Å². The SMILES string of the molecule is CN1C2CCC1CC([NH+]1CC(c3ccccc3)c3ccccc31)C2. The molecule has 0 saturated carbocycles. The average molecular weight is 319 g/mol. The molecule has 0 amide bonds. The van der Waals surface area contributed by atoms with Crippen molar-refractivity contribution in [2.45, 2.75) is 49.7 Å². The van der Waals surface area contributed by atoms with Crippen molar-refractivity contribution in [2.24, 2.45) is 0 Å². The lowest BCUT2D eigenvalue weighted by molar-refractivity contribution is -0.857. The lowest BCUT2D eigenvalue weighted by atomic mass is 9.93. The maximum Gasteiger partial charge on any atom is 0.135 e. The van der Waals surface area contributed by atoms with E-state index >= 15 is 0 Å². The lowest BCUT2D eigenvalue weighted by Gasteiger charge is -2.38. The van der Waals surface area contributed by atoms with Crippen LogP contribution in [-0.4, -0.2) is 36.6 Å². The van der Waals surface area contributed by atoms with E-state index in [9.17, 15) is 0 Å². The number of rotatable bonds is 2. The van der Waals surface area contributed by atoms with Crippen LogP contribution in [0.25, 0.3) is 0 Å². The van der Waals surface area contributed by atoms with Gasteiger partial charge in [-0.3, -0.25) is 9.80 Å². The molecule has 1 N–H and O–H groups in total. The normalized spacial score (nSPS) is 35.1. The highest BCUT2D eigenvalue weighted by atomic mass is 15.3. The number of hydrogen-bond donors (Lipinski definition) is 1. The first kappa shape index (κ1) is 14.7. The molecule has 2 nitrogen and oxygen atoms in total. The summed E-state index contributed by atoms with van der Waals surface area (Å²) in [6.45, 7) is 1.23. The summed E-state index contributed by atoms with van der Waals surface area (Å²) in [5.74, 6) is 0.565. The third-order valence-corrected chi connectivity index (χ3v) is 6.90. The smallest absolute Gasteiger partial charge is 0.135 e. The minimum atomic E-state index is 0.565. The third kappa shape index (κ3) is 2.24. The number of nitrogens with zero attached hydrogens (tertiary/aromatic N) is 1. The van der Waals surface area contributed by atoms with Crippen LogP contribution in [-0.2, 0) is 0 Å². The summed E-state index contributed by atoms with van der Waals surface area (Å²) in [5.41, 5.74) is 4.61. The lowest BCUT2D eigenvalue weighted by Crippen LogP contribution is -3.11. The molecule has 3 aliphatic heterocycles. The fourth-order valence-electron chi connectivity index (χ4n) is 5.60. The Labute approximate surface area is 145 Å². The molecule has 4 atom stereocenters. The molecule has 4 unspecified atom stereocenters. The second-order valence-electron chi connectivity index (χ2n) is 8.00. The van der Waals surface area contributed by atoms with Crippen LogP contribution >= 0.6 is 0 Å². The molecule has 2 aromatic carbocycles. The van der Waals surface area contributed by atoms with Crippen molar-refractivity contribution in [3.05, 3.63) is 65.7 Å². The van der Waals surface area contributed by atoms with Gasteiger partial charge in [-0.1, -0.05) is 48.5 Å². The highest BCUT2D eigenvalue weighted by Crippen LogP contribution is 2.37. The maximum absolute atomic E-state index is 2.66. The molecule has 0 spiro atoms. The largest absolute Gasteiger partial charge is 0.300 e. The molecule has 0 aliphatic carbocycles. The van der Waals surface area contributed by atoms with E-state index in [4.69, 9.17) is 0 Å². The highest BCUT2D eigenvalue weighted by Gasteiger charge is 2.46. The van der Waals surface area contributed by atoms with E-state index in [2.05, 4.69) is 66.5 Å². The predicted octanol–water partition coefficient (Wildman–Crippen LogP) is 2.97. The molecule has 0 radical (unpaired) electrons. The van der Waals surface area contributed by atoms with Gasteiger partial charge in [0.25, 0.3) is 0 Å². The van der Waals surface area contributed by atoms with Gasteiger partial charge in [0, 0.05) is 30.5 Å². The number of para-hydroxylation sites is 1. The highest BCUT2D eigenvalue weighted by molar-refractivity contribution is 5.49. The Kier molecular flexibility index (Phi) is 3.50. The molecule has 5 rings (SSSR count). The first-order valence-corrected chi connectivity index (χ1v) is 9.53. The van der Waals surface area contributed by atoms with Gasteiger partial charge in [0.2, 0.25) is 0 Å². The number of hydrogen-bond acceptors (Lipinski definition) is 1. The minimum absolute atomic E-state index is 0.565. The summed E-state index contributed by atoms with van der Waals surface area (Å²) in [6.07, 6.45) is 5.57. The van der Waals surface area contributed by atoms with Gasteiger partial charge in [-0.05, 0) is 31.5 Å². The van der Waals surface area contributed by atoms with Crippen LogP contribution in [0.3, 0.4) is 0 Å². The van der Waals surface area contributed by atoms with Crippen LogP contribution < -0.4 is 4.90 Å². The van der Waals surface area contributed by atoms with Gasteiger partial charge in [-0.25, -0.2) is 0 Å². The van der Waals surface area contributed by atoms with Crippen molar-refractivity contribution in [3.8, 4) is 0 Å². The number of quaternary nitrogens is 1. The average Bonchev–Trinajstić information content (AvgIpc) is 3.08. The Hall–Kier alpha value is -1.64. The summed E-state index contributed by atoms with van der Waals surface area (Å²) in [7, 11) is 2.35.